The molecule has 2 nitrogen and oxygen atoms in total. The van der Waals surface area contributed by atoms with Gasteiger partial charge in [-0.3, -0.25) is 4.98 Å². The van der Waals surface area contributed by atoms with Crippen LogP contribution in [-0.4, -0.2) is 9.97 Å². The zero-order chi connectivity index (χ0) is 11.3. The van der Waals surface area contributed by atoms with E-state index in [1.807, 2.05) is 6.07 Å². The number of aryl methyl sites for hydroxylation is 3. The van der Waals surface area contributed by atoms with Crippen LogP contribution in [0.15, 0.2) is 24.3 Å². The summed E-state index contributed by atoms with van der Waals surface area (Å²) in [5, 5.41) is 2.56. The van der Waals surface area contributed by atoms with Crippen molar-refractivity contribution >= 4 is 21.8 Å². The van der Waals surface area contributed by atoms with E-state index >= 15 is 0 Å². The summed E-state index contributed by atoms with van der Waals surface area (Å²) in [7, 11) is 0. The summed E-state index contributed by atoms with van der Waals surface area (Å²) in [6.07, 6.45) is 0. The fraction of sp³-hybridized carbons (Fsp3) is 0.214. The van der Waals surface area contributed by atoms with Gasteiger partial charge in [0, 0.05) is 16.5 Å². The number of H-pyrrole nitrogens is 1. The summed E-state index contributed by atoms with van der Waals surface area (Å²) < 4.78 is 0. The second kappa shape index (κ2) is 3.08. The Morgan fingerprint density at radius 3 is 2.62 bits per heavy atom. The summed E-state index contributed by atoms with van der Waals surface area (Å²) >= 11 is 0. The number of rotatable bonds is 0. The third-order valence-electron chi connectivity index (χ3n) is 3.32. The van der Waals surface area contributed by atoms with Gasteiger partial charge in [0.2, 0.25) is 0 Å². The molecule has 3 aromatic rings. The largest absolute Gasteiger partial charge is 0.357 e. The zero-order valence-electron chi connectivity index (χ0n) is 9.76. The van der Waals surface area contributed by atoms with Gasteiger partial charge in [0.1, 0.15) is 0 Å². The van der Waals surface area contributed by atoms with Crippen LogP contribution in [0.5, 0.6) is 0 Å². The van der Waals surface area contributed by atoms with E-state index in [9.17, 15) is 0 Å². The minimum Gasteiger partial charge on any atom is -0.357 e. The Labute approximate surface area is 94.3 Å². The molecular formula is C14H14N2. The predicted molar refractivity (Wildman–Crippen MR) is 67.8 cm³/mol. The first-order valence-corrected chi connectivity index (χ1v) is 5.52. The van der Waals surface area contributed by atoms with Crippen molar-refractivity contribution in [3.8, 4) is 0 Å². The van der Waals surface area contributed by atoms with E-state index in [0.717, 1.165) is 11.2 Å². The third-order valence-corrected chi connectivity index (χ3v) is 3.32. The van der Waals surface area contributed by atoms with Crippen LogP contribution in [0.4, 0.5) is 0 Å². The van der Waals surface area contributed by atoms with Crippen molar-refractivity contribution in [3.63, 3.8) is 0 Å². The molecule has 0 saturated carbocycles. The predicted octanol–water partition coefficient (Wildman–Crippen LogP) is 3.64. The van der Waals surface area contributed by atoms with Gasteiger partial charge in [-0.05, 0) is 32.4 Å². The first-order chi connectivity index (χ1) is 7.68. The van der Waals surface area contributed by atoms with Crippen molar-refractivity contribution in [1.29, 1.82) is 0 Å². The molecule has 0 saturated heterocycles. The summed E-state index contributed by atoms with van der Waals surface area (Å²) in [5.74, 6) is 0. The van der Waals surface area contributed by atoms with Gasteiger partial charge in [-0.1, -0.05) is 18.2 Å². The van der Waals surface area contributed by atoms with Crippen molar-refractivity contribution in [2.24, 2.45) is 0 Å². The molecule has 2 heteroatoms. The van der Waals surface area contributed by atoms with Crippen molar-refractivity contribution in [2.75, 3.05) is 0 Å². The maximum atomic E-state index is 4.63. The molecule has 3 rings (SSSR count). The van der Waals surface area contributed by atoms with Gasteiger partial charge >= 0.3 is 0 Å². The van der Waals surface area contributed by atoms with Crippen molar-refractivity contribution < 1.29 is 0 Å². The Kier molecular flexibility index (Phi) is 1.81. The number of hydrogen-bond donors (Lipinski definition) is 1. The van der Waals surface area contributed by atoms with Gasteiger partial charge in [0.25, 0.3) is 0 Å². The van der Waals surface area contributed by atoms with E-state index in [1.165, 1.54) is 27.5 Å². The number of fused-ring (bicyclic) bond motifs is 3. The molecule has 0 amide bonds. The molecule has 0 unspecified atom stereocenters. The van der Waals surface area contributed by atoms with E-state index in [4.69, 9.17) is 0 Å². The zero-order valence-corrected chi connectivity index (χ0v) is 9.76. The van der Waals surface area contributed by atoms with Gasteiger partial charge in [0.15, 0.2) is 0 Å². The number of nitrogens with one attached hydrogen (secondary N) is 1. The number of pyridine rings is 1. The molecule has 0 spiro atoms. The van der Waals surface area contributed by atoms with Crippen LogP contribution in [0, 0.1) is 20.8 Å². The molecule has 0 atom stereocenters. The highest BCUT2D eigenvalue weighted by Crippen LogP contribution is 2.29. The summed E-state index contributed by atoms with van der Waals surface area (Å²) in [4.78, 5) is 8.05. The first kappa shape index (κ1) is 9.40. The van der Waals surface area contributed by atoms with Crippen LogP contribution >= 0.6 is 0 Å². The highest BCUT2D eigenvalue weighted by Gasteiger charge is 2.11. The number of aromatic nitrogens is 2. The van der Waals surface area contributed by atoms with E-state index in [-0.39, 0.29) is 0 Å². The standard InChI is InChI=1S/C14H14N2/c1-8-9(2)16-14-10(3)15-12-7-5-4-6-11(12)13(8)14/h4-7,16H,1-3H3. The number of para-hydroxylation sites is 1. The van der Waals surface area contributed by atoms with E-state index in [1.54, 1.807) is 0 Å². The quantitative estimate of drug-likeness (QED) is 0.603. The number of aromatic amines is 1. The molecule has 2 heterocycles. The van der Waals surface area contributed by atoms with E-state index < -0.39 is 0 Å². The molecular weight excluding hydrogens is 196 g/mol. The fourth-order valence-corrected chi connectivity index (χ4v) is 2.35. The van der Waals surface area contributed by atoms with Crippen LogP contribution in [0.2, 0.25) is 0 Å². The second-order valence-electron chi connectivity index (χ2n) is 4.34. The normalized spacial score (nSPS) is 11.4. The average molecular weight is 210 g/mol. The molecule has 0 bridgehead atoms. The molecule has 0 aliphatic carbocycles. The minimum absolute atomic E-state index is 1.07. The lowest BCUT2D eigenvalue weighted by atomic mass is 10.1. The maximum absolute atomic E-state index is 4.63. The van der Waals surface area contributed by atoms with Gasteiger partial charge in [-0.15, -0.1) is 0 Å². The maximum Gasteiger partial charge on any atom is 0.0713 e. The van der Waals surface area contributed by atoms with Crippen molar-refractivity contribution in [1.82, 2.24) is 9.97 Å². The van der Waals surface area contributed by atoms with Gasteiger partial charge in [0.05, 0.1) is 16.7 Å². The first-order valence-electron chi connectivity index (χ1n) is 5.52. The average Bonchev–Trinajstić information content (AvgIpc) is 2.57. The summed E-state index contributed by atoms with van der Waals surface area (Å²) in [6, 6.07) is 8.32. The number of nitrogens with zero attached hydrogens (tertiary/aromatic N) is 1. The van der Waals surface area contributed by atoms with Crippen molar-refractivity contribution in [2.45, 2.75) is 20.8 Å². The highest BCUT2D eigenvalue weighted by molar-refractivity contribution is 6.07. The Hall–Kier alpha value is -1.83. The molecule has 0 fully saturated rings. The molecule has 0 radical (unpaired) electrons. The molecule has 1 aromatic carbocycles. The van der Waals surface area contributed by atoms with E-state index in [0.29, 0.717) is 0 Å². The molecule has 0 aliphatic heterocycles. The lowest BCUT2D eigenvalue weighted by Crippen LogP contribution is -1.86. The molecule has 16 heavy (non-hydrogen) atoms. The SMILES string of the molecule is Cc1[nH]c2c(C)nc3ccccc3c2c1C. The monoisotopic (exact) mass is 210 g/mol. The van der Waals surface area contributed by atoms with Crippen molar-refractivity contribution in [3.05, 3.63) is 41.2 Å². The van der Waals surface area contributed by atoms with E-state index in [2.05, 4.69) is 48.9 Å². The molecule has 1 N–H and O–H groups in total. The van der Waals surface area contributed by atoms with Gasteiger partial charge in [-0.2, -0.15) is 0 Å². The minimum atomic E-state index is 1.07. The molecule has 80 valence electrons. The summed E-state index contributed by atoms with van der Waals surface area (Å²) in [5.41, 5.74) is 5.89. The fourth-order valence-electron chi connectivity index (χ4n) is 2.35. The summed E-state index contributed by atoms with van der Waals surface area (Å²) in [6.45, 7) is 6.34. The van der Waals surface area contributed by atoms with Crippen LogP contribution in [-0.2, 0) is 0 Å². The van der Waals surface area contributed by atoms with Crippen LogP contribution in [0.3, 0.4) is 0 Å². The Balaban J connectivity index is 2.67. The topological polar surface area (TPSA) is 28.7 Å². The lowest BCUT2D eigenvalue weighted by Gasteiger charge is -2.02. The Morgan fingerprint density at radius 2 is 1.81 bits per heavy atom. The van der Waals surface area contributed by atoms with Crippen LogP contribution in [0.1, 0.15) is 17.0 Å². The molecule has 0 aliphatic rings. The van der Waals surface area contributed by atoms with Gasteiger partial charge in [-0.25, -0.2) is 0 Å². The van der Waals surface area contributed by atoms with Gasteiger partial charge < -0.3 is 4.98 Å². The molecule has 2 aromatic heterocycles. The number of hydrogen-bond acceptors (Lipinski definition) is 1. The third kappa shape index (κ3) is 1.10. The Bertz CT molecular complexity index is 693. The lowest BCUT2D eigenvalue weighted by molar-refractivity contribution is 1.22. The van der Waals surface area contributed by atoms with Crippen LogP contribution < -0.4 is 0 Å². The smallest absolute Gasteiger partial charge is 0.0713 e. The second-order valence-corrected chi connectivity index (χ2v) is 4.34. The Morgan fingerprint density at radius 1 is 1.06 bits per heavy atom. The number of benzene rings is 1. The highest BCUT2D eigenvalue weighted by atomic mass is 14.8. The van der Waals surface area contributed by atoms with Crippen LogP contribution in [0.25, 0.3) is 21.8 Å².